The zero-order chi connectivity index (χ0) is 23.4. The second-order valence-electron chi connectivity index (χ2n) is 7.93. The molecule has 9 heteroatoms. The number of fused-ring (bicyclic) bond motifs is 2. The molecule has 4 N–H and O–H groups in total. The third kappa shape index (κ3) is 4.71. The van der Waals surface area contributed by atoms with Gasteiger partial charge in [-0.15, -0.1) is 11.6 Å². The Morgan fingerprint density at radius 3 is 2.88 bits per heavy atom. The van der Waals surface area contributed by atoms with Gasteiger partial charge in [-0.2, -0.15) is 0 Å². The van der Waals surface area contributed by atoms with Gasteiger partial charge in [-0.1, -0.05) is 24.3 Å². The minimum absolute atomic E-state index is 0.132. The molecule has 0 unspecified atom stereocenters. The van der Waals surface area contributed by atoms with Crippen molar-refractivity contribution in [3.05, 3.63) is 65.0 Å². The van der Waals surface area contributed by atoms with Crippen molar-refractivity contribution in [3.63, 3.8) is 0 Å². The first-order chi connectivity index (χ1) is 16.0. The minimum Gasteiger partial charge on any atom is -0.373 e. The maximum absolute atomic E-state index is 13.3. The number of rotatable bonds is 9. The molecule has 4 rings (SSSR count). The van der Waals surface area contributed by atoms with Crippen LogP contribution in [0.3, 0.4) is 0 Å². The average molecular weight is 467 g/mol. The Morgan fingerprint density at radius 2 is 2.09 bits per heavy atom. The molecule has 0 saturated heterocycles. The van der Waals surface area contributed by atoms with Gasteiger partial charge in [-0.25, -0.2) is 4.98 Å². The summed E-state index contributed by atoms with van der Waals surface area (Å²) in [5, 5.41) is 16.6. The molecule has 0 radical (unpaired) electrons. The van der Waals surface area contributed by atoms with Gasteiger partial charge in [0.2, 0.25) is 0 Å². The number of amidine groups is 1. The molecule has 1 aliphatic rings. The summed E-state index contributed by atoms with van der Waals surface area (Å²) >= 11 is 5.68. The molecule has 1 atom stereocenters. The minimum atomic E-state index is -0.364. The van der Waals surface area contributed by atoms with Crippen molar-refractivity contribution in [2.75, 3.05) is 12.4 Å². The summed E-state index contributed by atoms with van der Waals surface area (Å²) < 4.78 is 2.11. The number of benzene rings is 2. The second kappa shape index (κ2) is 10.0. The number of aryl methyl sites for hydroxylation is 1. The molecule has 33 heavy (non-hydrogen) atoms. The van der Waals surface area contributed by atoms with E-state index < -0.39 is 0 Å². The van der Waals surface area contributed by atoms with E-state index in [0.717, 1.165) is 22.4 Å². The first-order valence-electron chi connectivity index (χ1n) is 11.1. The molecule has 8 nitrogen and oxygen atoms in total. The highest BCUT2D eigenvalue weighted by molar-refractivity contribution is 6.27. The molecule has 0 fully saturated rings. The topological polar surface area (TPSA) is 112 Å². The number of amides is 2. The molecular formula is C24H27ClN6O2. The quantitative estimate of drug-likeness (QED) is 0.168. The zero-order valence-corrected chi connectivity index (χ0v) is 19.2. The molecule has 0 saturated carbocycles. The van der Waals surface area contributed by atoms with Crippen LogP contribution in [0.1, 0.15) is 57.9 Å². The van der Waals surface area contributed by atoms with E-state index in [9.17, 15) is 9.59 Å². The molecule has 0 bridgehead atoms. The highest BCUT2D eigenvalue weighted by atomic mass is 35.5. The monoisotopic (exact) mass is 466 g/mol. The maximum atomic E-state index is 13.3. The predicted molar refractivity (Wildman–Crippen MR) is 129 cm³/mol. The van der Waals surface area contributed by atoms with Gasteiger partial charge in [-0.05, 0) is 43.5 Å². The number of nitrogens with one attached hydrogen (secondary N) is 4. The van der Waals surface area contributed by atoms with E-state index in [2.05, 4.69) is 20.5 Å². The molecule has 3 aromatic rings. The number of hydrogen-bond acceptors (Lipinski definition) is 4. The number of para-hydroxylation sites is 2. The molecule has 1 aromatic heterocycles. The van der Waals surface area contributed by atoms with E-state index in [1.807, 2.05) is 37.3 Å². The van der Waals surface area contributed by atoms with Crippen molar-refractivity contribution in [2.45, 2.75) is 38.9 Å². The first kappa shape index (κ1) is 22.8. The fourth-order valence-electron chi connectivity index (χ4n) is 4.26. The summed E-state index contributed by atoms with van der Waals surface area (Å²) in [5.74, 6) is 0.648. The van der Waals surface area contributed by atoms with Gasteiger partial charge >= 0.3 is 0 Å². The predicted octanol–water partition coefficient (Wildman–Crippen LogP) is 3.36. The van der Waals surface area contributed by atoms with Crippen molar-refractivity contribution >= 4 is 40.3 Å². The van der Waals surface area contributed by atoms with Crippen LogP contribution in [0.15, 0.2) is 42.5 Å². The summed E-state index contributed by atoms with van der Waals surface area (Å²) in [6, 6.07) is 12.9. The smallest absolute Gasteiger partial charge is 0.252 e. The maximum Gasteiger partial charge on any atom is 0.252 e. The SMILES string of the molecule is CCn1c([C@H](CCCNC(=N)CCl)NC(=O)c2cccc3c2C(=O)NC3)nc2ccccc21. The number of nitrogens with zero attached hydrogens (tertiary/aromatic N) is 2. The van der Waals surface area contributed by atoms with Gasteiger partial charge in [0.15, 0.2) is 0 Å². The lowest BCUT2D eigenvalue weighted by atomic mass is 10.0. The van der Waals surface area contributed by atoms with Gasteiger partial charge in [0.1, 0.15) is 11.7 Å². The third-order valence-electron chi connectivity index (χ3n) is 5.82. The normalized spacial score (nSPS) is 13.5. The van der Waals surface area contributed by atoms with Crippen molar-refractivity contribution < 1.29 is 9.59 Å². The highest BCUT2D eigenvalue weighted by Crippen LogP contribution is 2.26. The highest BCUT2D eigenvalue weighted by Gasteiger charge is 2.28. The van der Waals surface area contributed by atoms with Crippen molar-refractivity contribution in [3.8, 4) is 0 Å². The van der Waals surface area contributed by atoms with Crippen LogP contribution in [0, 0.1) is 5.41 Å². The van der Waals surface area contributed by atoms with Crippen LogP contribution >= 0.6 is 11.6 Å². The van der Waals surface area contributed by atoms with Crippen LogP contribution in [-0.2, 0) is 13.1 Å². The van der Waals surface area contributed by atoms with Gasteiger partial charge in [-0.3, -0.25) is 15.0 Å². The third-order valence-corrected chi connectivity index (χ3v) is 6.09. The van der Waals surface area contributed by atoms with E-state index in [-0.39, 0.29) is 29.6 Å². The largest absolute Gasteiger partial charge is 0.373 e. The number of aromatic nitrogens is 2. The standard InChI is InChI=1S/C24H27ClN6O2/c1-2-31-19-11-4-3-9-17(19)29-22(31)18(10-6-12-27-20(26)13-25)30-23(32)16-8-5-7-15-14-28-24(33)21(15)16/h3-5,7-9,11,18H,2,6,10,12-14H2,1H3,(H2,26,27)(H,28,33)(H,30,32)/t18-/m0/s1. The Bertz CT molecular complexity index is 1200. The lowest BCUT2D eigenvalue weighted by molar-refractivity contribution is 0.0912. The number of alkyl halides is 1. The van der Waals surface area contributed by atoms with Crippen LogP contribution in [0.5, 0.6) is 0 Å². The summed E-state index contributed by atoms with van der Waals surface area (Å²) in [4.78, 5) is 30.5. The number of hydrogen-bond donors (Lipinski definition) is 4. The summed E-state index contributed by atoms with van der Waals surface area (Å²) in [5.41, 5.74) is 3.52. The van der Waals surface area contributed by atoms with E-state index >= 15 is 0 Å². The van der Waals surface area contributed by atoms with Crippen LogP contribution in [0.2, 0.25) is 0 Å². The number of carbonyl (C=O) groups is 2. The summed E-state index contributed by atoms with van der Waals surface area (Å²) in [6.07, 6.45) is 1.31. The Hall–Kier alpha value is -3.39. The average Bonchev–Trinajstić information content (AvgIpc) is 3.41. The second-order valence-corrected chi connectivity index (χ2v) is 8.20. The van der Waals surface area contributed by atoms with Crippen molar-refractivity contribution in [2.24, 2.45) is 0 Å². The molecule has 0 spiro atoms. The number of imidazole rings is 1. The van der Waals surface area contributed by atoms with E-state index in [4.69, 9.17) is 22.0 Å². The van der Waals surface area contributed by atoms with Gasteiger partial charge < -0.3 is 20.5 Å². The molecule has 0 aliphatic carbocycles. The Morgan fingerprint density at radius 1 is 1.27 bits per heavy atom. The lowest BCUT2D eigenvalue weighted by Gasteiger charge is -2.20. The molecule has 2 heterocycles. The molecule has 2 aromatic carbocycles. The fourth-order valence-corrected chi connectivity index (χ4v) is 4.35. The Labute approximate surface area is 197 Å². The molecular weight excluding hydrogens is 440 g/mol. The first-order valence-corrected chi connectivity index (χ1v) is 11.6. The number of carbonyl (C=O) groups excluding carboxylic acids is 2. The van der Waals surface area contributed by atoms with Gasteiger partial charge in [0.05, 0.1) is 34.1 Å². The molecule has 1 aliphatic heterocycles. The van der Waals surface area contributed by atoms with E-state index in [1.165, 1.54) is 0 Å². The van der Waals surface area contributed by atoms with Crippen LogP contribution < -0.4 is 16.0 Å². The van der Waals surface area contributed by atoms with Crippen LogP contribution in [-0.4, -0.2) is 39.6 Å². The van der Waals surface area contributed by atoms with E-state index in [1.54, 1.807) is 12.1 Å². The lowest BCUT2D eigenvalue weighted by Crippen LogP contribution is -2.33. The Balaban J connectivity index is 1.63. The molecule has 2 amide bonds. The Kier molecular flexibility index (Phi) is 6.93. The molecule has 172 valence electrons. The van der Waals surface area contributed by atoms with E-state index in [0.29, 0.717) is 43.6 Å². The number of halogens is 1. The van der Waals surface area contributed by atoms with Crippen LogP contribution in [0.25, 0.3) is 11.0 Å². The summed E-state index contributed by atoms with van der Waals surface area (Å²) in [6.45, 7) is 3.75. The zero-order valence-electron chi connectivity index (χ0n) is 18.5. The fraction of sp³-hybridized carbons (Fsp3) is 0.333. The van der Waals surface area contributed by atoms with Crippen molar-refractivity contribution in [1.82, 2.24) is 25.5 Å². The van der Waals surface area contributed by atoms with Crippen molar-refractivity contribution in [1.29, 1.82) is 5.41 Å². The van der Waals surface area contributed by atoms with Gasteiger partial charge in [0, 0.05) is 19.6 Å². The summed E-state index contributed by atoms with van der Waals surface area (Å²) in [7, 11) is 0. The van der Waals surface area contributed by atoms with Crippen LogP contribution in [0.4, 0.5) is 0 Å². The van der Waals surface area contributed by atoms with Gasteiger partial charge in [0.25, 0.3) is 11.8 Å².